The maximum Gasteiger partial charge on any atom is 0.242 e. The maximum atomic E-state index is 12.3. The van der Waals surface area contributed by atoms with Gasteiger partial charge in [0.25, 0.3) is 0 Å². The van der Waals surface area contributed by atoms with Gasteiger partial charge in [0.2, 0.25) is 10.0 Å². The Morgan fingerprint density at radius 3 is 2.55 bits per heavy atom. The molecule has 1 unspecified atom stereocenters. The fraction of sp³-hybridized carbons (Fsp3) is 0.692. The zero-order valence-corrected chi connectivity index (χ0v) is 15.6. The smallest absolute Gasteiger partial charge is 0.242 e. The molecular formula is C13H23BrN2O2S2. The zero-order valence-electron chi connectivity index (χ0n) is 12.4. The van der Waals surface area contributed by atoms with Gasteiger partial charge in [0.05, 0.1) is 3.79 Å². The Hall–Kier alpha value is 0.0500. The molecule has 2 N–H and O–H groups in total. The molecule has 1 heterocycles. The number of sulfonamides is 1. The van der Waals surface area contributed by atoms with E-state index in [0.29, 0.717) is 33.6 Å². The third kappa shape index (κ3) is 5.11. The predicted octanol–water partition coefficient (Wildman–Crippen LogP) is 3.19. The Labute approximate surface area is 134 Å². The molecule has 0 bridgehead atoms. The standard InChI is InChI=1S/C13H23BrN2O2S2/c1-5-15-8-11-6-12(13(14)19-11)20(17,18)16-7-10(4)9(2)3/h6,9-10,15-16H,5,7-8H2,1-4H3. The molecule has 0 spiro atoms. The van der Waals surface area contributed by atoms with E-state index < -0.39 is 10.0 Å². The van der Waals surface area contributed by atoms with E-state index in [1.807, 2.05) is 13.8 Å². The second-order valence-electron chi connectivity index (χ2n) is 5.20. The molecule has 0 aliphatic heterocycles. The number of hydrogen-bond donors (Lipinski definition) is 2. The van der Waals surface area contributed by atoms with Crippen molar-refractivity contribution >= 4 is 37.3 Å². The molecule has 4 nitrogen and oxygen atoms in total. The number of rotatable bonds is 8. The van der Waals surface area contributed by atoms with Gasteiger partial charge in [0.15, 0.2) is 0 Å². The van der Waals surface area contributed by atoms with E-state index in [4.69, 9.17) is 0 Å². The monoisotopic (exact) mass is 382 g/mol. The van der Waals surface area contributed by atoms with Crippen molar-refractivity contribution in [3.05, 3.63) is 14.7 Å². The van der Waals surface area contributed by atoms with Crippen LogP contribution in [0.15, 0.2) is 14.7 Å². The molecule has 0 amide bonds. The third-order valence-electron chi connectivity index (χ3n) is 3.28. The van der Waals surface area contributed by atoms with Crippen molar-refractivity contribution in [3.63, 3.8) is 0 Å². The fourth-order valence-corrected chi connectivity index (χ4v) is 5.26. The number of nitrogens with one attached hydrogen (secondary N) is 2. The van der Waals surface area contributed by atoms with E-state index in [9.17, 15) is 8.42 Å². The van der Waals surface area contributed by atoms with Gasteiger partial charge in [-0.1, -0.05) is 27.7 Å². The lowest BCUT2D eigenvalue weighted by Crippen LogP contribution is -2.30. The Morgan fingerprint density at radius 2 is 2.00 bits per heavy atom. The fourth-order valence-electron chi connectivity index (χ4n) is 1.47. The molecule has 0 saturated heterocycles. The SMILES string of the molecule is CCNCc1cc(S(=O)(=O)NCC(C)C(C)C)c(Br)s1. The molecule has 0 radical (unpaired) electrons. The van der Waals surface area contributed by atoms with Crippen LogP contribution in [-0.4, -0.2) is 21.5 Å². The van der Waals surface area contributed by atoms with E-state index in [1.54, 1.807) is 6.07 Å². The van der Waals surface area contributed by atoms with Crippen molar-refractivity contribution in [1.29, 1.82) is 0 Å². The van der Waals surface area contributed by atoms with Crippen molar-refractivity contribution in [1.82, 2.24) is 10.0 Å². The molecule has 1 aromatic rings. The minimum absolute atomic E-state index is 0.309. The summed E-state index contributed by atoms with van der Waals surface area (Å²) in [4.78, 5) is 1.35. The molecule has 1 rings (SSSR count). The number of halogens is 1. The lowest BCUT2D eigenvalue weighted by atomic mass is 9.99. The molecule has 0 aliphatic carbocycles. The quantitative estimate of drug-likeness (QED) is 0.725. The van der Waals surface area contributed by atoms with E-state index in [0.717, 1.165) is 11.4 Å². The molecule has 1 aromatic heterocycles. The summed E-state index contributed by atoms with van der Waals surface area (Å²) in [6.45, 7) is 10.3. The van der Waals surface area contributed by atoms with Crippen LogP contribution >= 0.6 is 27.3 Å². The minimum atomic E-state index is -3.44. The van der Waals surface area contributed by atoms with E-state index in [-0.39, 0.29) is 0 Å². The van der Waals surface area contributed by atoms with Gasteiger partial charge in [-0.2, -0.15) is 0 Å². The molecule has 0 saturated carbocycles. The van der Waals surface area contributed by atoms with Crippen LogP contribution in [0.4, 0.5) is 0 Å². The minimum Gasteiger partial charge on any atom is -0.312 e. The number of thiophene rings is 1. The van der Waals surface area contributed by atoms with Gasteiger partial charge in [-0.25, -0.2) is 13.1 Å². The summed E-state index contributed by atoms with van der Waals surface area (Å²) < 4.78 is 28.0. The van der Waals surface area contributed by atoms with Gasteiger partial charge >= 0.3 is 0 Å². The molecule has 7 heteroatoms. The second-order valence-corrected chi connectivity index (χ2v) is 9.39. The number of hydrogen-bond acceptors (Lipinski definition) is 4. The topological polar surface area (TPSA) is 58.2 Å². The Morgan fingerprint density at radius 1 is 1.35 bits per heavy atom. The predicted molar refractivity (Wildman–Crippen MR) is 88.6 cm³/mol. The highest BCUT2D eigenvalue weighted by Gasteiger charge is 2.21. The van der Waals surface area contributed by atoms with Crippen LogP contribution in [0.2, 0.25) is 0 Å². The van der Waals surface area contributed by atoms with Crippen LogP contribution in [0.3, 0.4) is 0 Å². The van der Waals surface area contributed by atoms with Gasteiger partial charge in [-0.3, -0.25) is 0 Å². The first-order valence-electron chi connectivity index (χ1n) is 6.76. The highest BCUT2D eigenvalue weighted by Crippen LogP contribution is 2.31. The van der Waals surface area contributed by atoms with Crippen molar-refractivity contribution in [2.45, 2.75) is 39.1 Å². The normalized spacial score (nSPS) is 13.9. The second kappa shape index (κ2) is 7.89. The highest BCUT2D eigenvalue weighted by atomic mass is 79.9. The lowest BCUT2D eigenvalue weighted by molar-refractivity contribution is 0.414. The first-order valence-corrected chi connectivity index (χ1v) is 9.85. The largest absolute Gasteiger partial charge is 0.312 e. The van der Waals surface area contributed by atoms with Crippen LogP contribution in [0.5, 0.6) is 0 Å². The van der Waals surface area contributed by atoms with Gasteiger partial charge in [0, 0.05) is 18.0 Å². The van der Waals surface area contributed by atoms with E-state index in [1.165, 1.54) is 11.3 Å². The summed E-state index contributed by atoms with van der Waals surface area (Å²) in [6, 6.07) is 1.74. The van der Waals surface area contributed by atoms with Gasteiger partial charge in [-0.05, 0) is 40.4 Å². The van der Waals surface area contributed by atoms with Crippen LogP contribution in [0.1, 0.15) is 32.6 Å². The molecule has 20 heavy (non-hydrogen) atoms. The molecule has 0 fully saturated rings. The zero-order chi connectivity index (χ0) is 15.3. The summed E-state index contributed by atoms with van der Waals surface area (Å²) in [5, 5.41) is 3.20. The van der Waals surface area contributed by atoms with E-state index in [2.05, 4.69) is 39.8 Å². The van der Waals surface area contributed by atoms with Crippen LogP contribution in [0.25, 0.3) is 0 Å². The maximum absolute atomic E-state index is 12.3. The average molecular weight is 383 g/mol. The van der Waals surface area contributed by atoms with Crippen molar-refractivity contribution < 1.29 is 8.42 Å². The van der Waals surface area contributed by atoms with Crippen LogP contribution < -0.4 is 10.0 Å². The van der Waals surface area contributed by atoms with Crippen LogP contribution in [0, 0.1) is 11.8 Å². The summed E-state index contributed by atoms with van der Waals surface area (Å²) in [6.07, 6.45) is 0. The Kier molecular flexibility index (Phi) is 7.14. The first kappa shape index (κ1) is 18.1. The Balaban J connectivity index is 2.79. The summed E-state index contributed by atoms with van der Waals surface area (Å²) >= 11 is 4.81. The molecule has 1 atom stereocenters. The third-order valence-corrected chi connectivity index (χ3v) is 6.95. The van der Waals surface area contributed by atoms with Crippen molar-refractivity contribution in [2.75, 3.05) is 13.1 Å². The summed E-state index contributed by atoms with van der Waals surface area (Å²) in [7, 11) is -3.44. The molecular weight excluding hydrogens is 360 g/mol. The highest BCUT2D eigenvalue weighted by molar-refractivity contribution is 9.11. The van der Waals surface area contributed by atoms with Gasteiger partial charge < -0.3 is 5.32 Å². The lowest BCUT2D eigenvalue weighted by Gasteiger charge is -2.15. The van der Waals surface area contributed by atoms with Crippen LogP contribution in [-0.2, 0) is 16.6 Å². The van der Waals surface area contributed by atoms with Crippen molar-refractivity contribution in [2.24, 2.45) is 11.8 Å². The van der Waals surface area contributed by atoms with Gasteiger partial charge in [0.1, 0.15) is 4.90 Å². The Bertz CT molecular complexity index is 526. The molecule has 0 aromatic carbocycles. The molecule has 0 aliphatic rings. The summed E-state index contributed by atoms with van der Waals surface area (Å²) in [5.41, 5.74) is 0. The molecule has 116 valence electrons. The first-order chi connectivity index (χ1) is 9.27. The van der Waals surface area contributed by atoms with Gasteiger partial charge in [-0.15, -0.1) is 11.3 Å². The van der Waals surface area contributed by atoms with E-state index >= 15 is 0 Å². The summed E-state index contributed by atoms with van der Waals surface area (Å²) in [5.74, 6) is 0.761. The van der Waals surface area contributed by atoms with Crippen molar-refractivity contribution in [3.8, 4) is 0 Å². The average Bonchev–Trinajstić information content (AvgIpc) is 2.75.